The first kappa shape index (κ1) is 112. The number of carbonyl (C=O) groups is 4. The van der Waals surface area contributed by atoms with Gasteiger partial charge in [0.1, 0.15) is 20.6 Å². The number of aliphatic carboxylic acids is 2. The van der Waals surface area contributed by atoms with Crippen molar-refractivity contribution in [1.82, 2.24) is 19.9 Å². The minimum Gasteiger partial charge on any atom is -0.870 e. The van der Waals surface area contributed by atoms with E-state index in [1.165, 1.54) is 145 Å². The van der Waals surface area contributed by atoms with Gasteiger partial charge in [0.2, 0.25) is 0 Å². The smallest absolute Gasteiger partial charge is 0.870 e. The summed E-state index contributed by atoms with van der Waals surface area (Å²) in [5.41, 5.74) is 21.9. The average molecular weight is 1950 g/mol. The predicted molar refractivity (Wildman–Crippen MR) is 544 cm³/mol. The molecular formula is C104H146BrCl4N12NaO9. The van der Waals surface area contributed by atoms with Crippen molar-refractivity contribution in [3.63, 3.8) is 0 Å². The van der Waals surface area contributed by atoms with E-state index in [1.54, 1.807) is 49.1 Å². The summed E-state index contributed by atoms with van der Waals surface area (Å²) in [5.74, 6) is 0.406. The van der Waals surface area contributed by atoms with Crippen LogP contribution in [0.2, 0.25) is 20.6 Å². The van der Waals surface area contributed by atoms with Gasteiger partial charge in [-0.25, -0.2) is 19.9 Å². The first-order valence-electron chi connectivity index (χ1n) is 47.3. The van der Waals surface area contributed by atoms with E-state index >= 15 is 0 Å². The zero-order valence-electron chi connectivity index (χ0n) is 80.3. The summed E-state index contributed by atoms with van der Waals surface area (Å²) in [6.07, 6.45) is 33.3. The van der Waals surface area contributed by atoms with Crippen molar-refractivity contribution in [2.24, 2.45) is 23.7 Å². The number of carboxylic acid groups (broad SMARTS) is 2. The quantitative estimate of drug-likeness (QED) is 0.00921. The van der Waals surface area contributed by atoms with Crippen LogP contribution in [0.5, 0.6) is 0 Å². The van der Waals surface area contributed by atoms with Crippen LogP contribution in [0.25, 0.3) is 0 Å². The third-order valence-corrected chi connectivity index (χ3v) is 25.5. The average Bonchev–Trinajstić information content (AvgIpc) is 0.779. The fourth-order valence-corrected chi connectivity index (χ4v) is 18.5. The second kappa shape index (κ2) is 58.6. The van der Waals surface area contributed by atoms with Crippen molar-refractivity contribution in [2.45, 2.75) is 299 Å². The molecule has 0 bridgehead atoms. The van der Waals surface area contributed by atoms with Gasteiger partial charge in [0, 0.05) is 61.0 Å². The van der Waals surface area contributed by atoms with E-state index in [2.05, 4.69) is 213 Å². The van der Waals surface area contributed by atoms with Crippen molar-refractivity contribution in [1.29, 1.82) is 0 Å². The Labute approximate surface area is 832 Å². The molecular weight excluding hydrogens is 1810 g/mol. The second-order valence-electron chi connectivity index (χ2n) is 37.1. The molecule has 4 fully saturated rings. The third kappa shape index (κ3) is 38.6. The molecule has 4 atom stereocenters. The Morgan fingerprint density at radius 1 is 0.382 bits per heavy atom. The number of aromatic nitrogens is 4. The van der Waals surface area contributed by atoms with E-state index in [0.717, 1.165) is 98.4 Å². The van der Waals surface area contributed by atoms with E-state index < -0.39 is 11.9 Å². The van der Waals surface area contributed by atoms with Crippen molar-refractivity contribution in [2.75, 3.05) is 80.7 Å². The van der Waals surface area contributed by atoms with Crippen LogP contribution in [0.15, 0.2) is 151 Å². The summed E-state index contributed by atoms with van der Waals surface area (Å²) >= 11 is 26.6. The first-order chi connectivity index (χ1) is 61.7. The van der Waals surface area contributed by atoms with Crippen molar-refractivity contribution >= 4 is 149 Å². The van der Waals surface area contributed by atoms with Gasteiger partial charge in [0.15, 0.2) is 0 Å². The van der Waals surface area contributed by atoms with Crippen LogP contribution in [-0.4, -0.2) is 123 Å². The Bertz CT molecular complexity index is 4530. The molecule has 4 aliphatic rings. The molecule has 4 aliphatic carbocycles. The molecule has 0 spiro atoms. The number of nitrogen functional groups attached to an aromatic ring is 1. The van der Waals surface area contributed by atoms with Gasteiger partial charge in [-0.2, -0.15) is 0 Å². The number of benzene rings is 4. The van der Waals surface area contributed by atoms with Crippen LogP contribution in [-0.2, 0) is 28.7 Å². The van der Waals surface area contributed by atoms with Crippen LogP contribution in [0, 0.1) is 23.7 Å². The molecule has 27 heteroatoms. The number of ether oxygens (including phenoxy) is 2. The molecule has 4 aromatic carbocycles. The Kier molecular flexibility index (Phi) is 50.1. The molecule has 4 aromatic heterocycles. The van der Waals surface area contributed by atoms with Crippen LogP contribution in [0.4, 0.5) is 62.6 Å². The molecule has 21 nitrogen and oxygen atoms in total. The first-order valence-corrected chi connectivity index (χ1v) is 49.6. The number of nitrogens with zero attached hydrogens (tertiary/aromatic N) is 8. The van der Waals surface area contributed by atoms with E-state index in [9.17, 15) is 29.4 Å². The van der Waals surface area contributed by atoms with E-state index in [1.807, 2.05) is 52.0 Å². The summed E-state index contributed by atoms with van der Waals surface area (Å²) < 4.78 is 11.2. The van der Waals surface area contributed by atoms with Gasteiger partial charge in [-0.3, -0.25) is 19.2 Å². The predicted octanol–water partition coefficient (Wildman–Crippen LogP) is 25.5. The van der Waals surface area contributed by atoms with Gasteiger partial charge in [-0.1, -0.05) is 231 Å². The maximum Gasteiger partial charge on any atom is 1.00 e. The molecule has 0 radical (unpaired) electrons. The Hall–Kier alpha value is -7.64. The maximum absolute atomic E-state index is 12.1. The minimum atomic E-state index is -0.781. The fraction of sp³-hybridized carbons (Fsp3) is 0.538. The Morgan fingerprint density at radius 2 is 0.634 bits per heavy atom. The zero-order valence-corrected chi connectivity index (χ0v) is 86.9. The summed E-state index contributed by atoms with van der Waals surface area (Å²) in [5, 5.41) is 31.0. The van der Waals surface area contributed by atoms with Crippen LogP contribution in [0.1, 0.15) is 297 Å². The minimum absolute atomic E-state index is 0. The number of nitrogens with two attached hydrogens (primary N) is 1. The molecule has 0 amide bonds. The van der Waals surface area contributed by atoms with Gasteiger partial charge in [0.05, 0.1) is 120 Å². The van der Waals surface area contributed by atoms with Crippen molar-refractivity contribution in [3.8, 4) is 0 Å². The monoisotopic (exact) mass is 1950 g/mol. The fourth-order valence-electron chi connectivity index (χ4n) is 17.8. The van der Waals surface area contributed by atoms with Crippen molar-refractivity contribution < 1.29 is 73.9 Å². The number of esters is 2. The van der Waals surface area contributed by atoms with Gasteiger partial charge in [-0.05, 0) is 248 Å². The number of pyridine rings is 4. The molecule has 4 heterocycles. The number of hydrogen-bond donors (Lipinski definition) is 6. The molecule has 8 aromatic rings. The maximum atomic E-state index is 12.1. The zero-order chi connectivity index (χ0) is 93.6. The summed E-state index contributed by atoms with van der Waals surface area (Å²) in [7, 11) is 0. The molecule has 712 valence electrons. The number of nitrogens with one attached hydrogen (secondary N) is 3. The summed E-state index contributed by atoms with van der Waals surface area (Å²) in [6, 6.07) is 42.5. The van der Waals surface area contributed by atoms with Crippen LogP contribution >= 0.6 is 62.3 Å². The molecule has 0 saturated heterocycles. The number of halogens is 5. The van der Waals surface area contributed by atoms with Crippen LogP contribution in [0.3, 0.4) is 0 Å². The molecule has 12 rings (SSSR count). The van der Waals surface area contributed by atoms with Gasteiger partial charge in [0.25, 0.3) is 0 Å². The van der Waals surface area contributed by atoms with E-state index in [0.29, 0.717) is 94.5 Å². The number of rotatable bonds is 36. The van der Waals surface area contributed by atoms with Crippen LogP contribution < -0.4 is 70.8 Å². The van der Waals surface area contributed by atoms with Gasteiger partial charge < -0.3 is 66.4 Å². The Morgan fingerprint density at radius 3 is 0.863 bits per heavy atom. The second-order valence-corrected chi connectivity index (χ2v) is 39.6. The van der Waals surface area contributed by atoms with Crippen molar-refractivity contribution in [3.05, 3.63) is 193 Å². The third-order valence-electron chi connectivity index (χ3n) is 24.2. The largest absolute Gasteiger partial charge is 1.00 e. The SMILES string of the molecule is CC(C)CN(c1ccc([C@H](C)CC(=O)O)cc1Nc1ccc(Cl)nc1)C1CCCCC1.CC(C)CN(c1ccc([C@H](C)CC(=O)O)cc1Nc1ccc(Cl)nc1)C1CCCCC1.CCOC(=O)C[C@@H](C)c1ccc(N(CC(C)C)C2CCCCC2)c(N)c1.CCOC(=O)C[C@@H](C)c1ccc(N(CC(C)C)C2CCCCC2)c(Nc2ccc(Cl)nc2)c1.Clc1ccc(Br)cn1.[Na+].[OH-]. The normalized spacial score (nSPS) is 15.1. The molecule has 131 heavy (non-hydrogen) atoms. The Balaban J connectivity index is 0.000000260. The number of anilines is 11. The standard InChI is InChI=1S/C27H38ClN3O2.2C25H34ClN3O2.C22H36N2O2.C5H3BrClN.Na.H2O/c1-5-33-27(32)15-20(4)21-11-13-25(24(16-21)30-22-12-14-26(28)29-17-22)31(18-19(2)3)23-9-7-6-8-10-23;2*1-17(2)16-29(21-7-5-4-6-8-21)23-11-9-19(18(3)13-25(30)31)14-22(23)28-20-10-12-24(26)27-15-20;1-5-26-22(25)13-17(4)18-11-12-21(20(23)14-18)24(15-16(2)3)19-9-7-6-8-10-19;6-4-1-2-5(7)8-3-4;;/h11-14,16-17,19-20,23,30H,5-10,15,18H2,1-4H3;2*9-12,14-15,17-18,21,28H,4-8,13,16H2,1-3H3,(H,30,31);11-12,14,16-17,19H,5-10,13,15,23H2,1-4H3;1-3H;;1H2/q;;;;;+1;/p-1/t20-;2*18-;17-;;;/m1111.../s1. The summed E-state index contributed by atoms with van der Waals surface area (Å²) in [4.78, 5) is 73.0. The number of hydrogen-bond acceptors (Lipinski definition) is 19. The van der Waals surface area contributed by atoms with E-state index in [-0.39, 0.29) is 83.5 Å². The van der Waals surface area contributed by atoms with E-state index in [4.69, 9.17) is 61.6 Å². The molecule has 0 aliphatic heterocycles. The summed E-state index contributed by atoms with van der Waals surface area (Å²) in [6.45, 7) is 34.7. The number of carboxylic acids is 2. The topological polar surface area (TPSA) is 284 Å². The molecule has 8 N–H and O–H groups in total. The number of carbonyl (C=O) groups excluding carboxylic acids is 2. The molecule has 0 unspecified atom stereocenters. The molecule has 4 saturated carbocycles. The van der Waals surface area contributed by atoms with Gasteiger partial charge >= 0.3 is 53.4 Å². The van der Waals surface area contributed by atoms with Gasteiger partial charge in [-0.15, -0.1) is 0 Å².